The van der Waals surface area contributed by atoms with Crippen LogP contribution in [0.4, 0.5) is 0 Å². The van der Waals surface area contributed by atoms with Crippen LogP contribution in [0.5, 0.6) is 0 Å². The van der Waals surface area contributed by atoms with Crippen LogP contribution >= 0.6 is 11.8 Å². The molecule has 2 unspecified atom stereocenters. The number of fused-ring (bicyclic) bond motifs is 1. The molecule has 0 amide bonds. The monoisotopic (exact) mass is 316 g/mol. The first-order valence-corrected chi connectivity index (χ1v) is 9.59. The van der Waals surface area contributed by atoms with Crippen LogP contribution in [0.15, 0.2) is 18.3 Å². The summed E-state index contributed by atoms with van der Waals surface area (Å²) in [4.78, 5) is 12.2. The lowest BCUT2D eigenvalue weighted by atomic mass is 10.1. The SMILES string of the molecule is CCN1CCCC1Cc1nc2cccnc2n1C1CCCS1. The largest absolute Gasteiger partial charge is 0.300 e. The lowest BCUT2D eigenvalue weighted by Gasteiger charge is -2.23. The second-order valence-corrected chi connectivity index (χ2v) is 7.63. The Morgan fingerprint density at radius 1 is 1.32 bits per heavy atom. The molecule has 0 spiro atoms. The average molecular weight is 316 g/mol. The molecule has 22 heavy (non-hydrogen) atoms. The zero-order chi connectivity index (χ0) is 14.9. The second kappa shape index (κ2) is 6.20. The first-order chi connectivity index (χ1) is 10.9. The summed E-state index contributed by atoms with van der Waals surface area (Å²) < 4.78 is 2.44. The number of hydrogen-bond donors (Lipinski definition) is 0. The Morgan fingerprint density at radius 2 is 2.27 bits per heavy atom. The van der Waals surface area contributed by atoms with Crippen molar-refractivity contribution in [2.24, 2.45) is 0 Å². The highest BCUT2D eigenvalue weighted by atomic mass is 32.2. The number of hydrogen-bond acceptors (Lipinski definition) is 4. The van der Waals surface area contributed by atoms with Gasteiger partial charge in [-0.3, -0.25) is 4.57 Å². The molecule has 2 aliphatic rings. The van der Waals surface area contributed by atoms with Crippen molar-refractivity contribution in [2.45, 2.75) is 50.4 Å². The highest BCUT2D eigenvalue weighted by molar-refractivity contribution is 7.99. The quantitative estimate of drug-likeness (QED) is 0.865. The molecule has 2 atom stereocenters. The number of aromatic nitrogens is 3. The van der Waals surface area contributed by atoms with Crippen LogP contribution in [0, 0.1) is 0 Å². The van der Waals surface area contributed by atoms with E-state index in [9.17, 15) is 0 Å². The number of likely N-dealkylation sites (N-methyl/N-ethyl adjacent to an activating group) is 1. The van der Waals surface area contributed by atoms with E-state index in [4.69, 9.17) is 4.98 Å². The molecule has 0 N–H and O–H groups in total. The van der Waals surface area contributed by atoms with Gasteiger partial charge < -0.3 is 4.90 Å². The van der Waals surface area contributed by atoms with Crippen LogP contribution in [-0.2, 0) is 6.42 Å². The summed E-state index contributed by atoms with van der Waals surface area (Å²) in [5.74, 6) is 2.51. The van der Waals surface area contributed by atoms with E-state index in [1.807, 2.05) is 12.3 Å². The summed E-state index contributed by atoms with van der Waals surface area (Å²) in [6.07, 6.45) is 8.17. The molecule has 2 aromatic heterocycles. The lowest BCUT2D eigenvalue weighted by Crippen LogP contribution is -2.31. The van der Waals surface area contributed by atoms with E-state index in [-0.39, 0.29) is 0 Å². The summed E-state index contributed by atoms with van der Waals surface area (Å²) in [5, 5.41) is 0.534. The number of pyridine rings is 1. The molecule has 0 saturated carbocycles. The topological polar surface area (TPSA) is 34.0 Å². The van der Waals surface area contributed by atoms with Gasteiger partial charge in [0.1, 0.15) is 11.3 Å². The van der Waals surface area contributed by atoms with Gasteiger partial charge in [-0.05, 0) is 56.7 Å². The molecule has 0 bridgehead atoms. The number of rotatable bonds is 4. The molecular formula is C17H24N4S. The normalized spacial score (nSPS) is 26.2. The van der Waals surface area contributed by atoms with Crippen molar-refractivity contribution >= 4 is 22.9 Å². The van der Waals surface area contributed by atoms with Gasteiger partial charge in [0.2, 0.25) is 0 Å². The van der Waals surface area contributed by atoms with E-state index < -0.39 is 0 Å². The van der Waals surface area contributed by atoms with E-state index in [0.29, 0.717) is 11.4 Å². The highest BCUT2D eigenvalue weighted by Crippen LogP contribution is 2.38. The molecule has 118 valence electrons. The van der Waals surface area contributed by atoms with Gasteiger partial charge in [0, 0.05) is 18.7 Å². The number of nitrogens with zero attached hydrogens (tertiary/aromatic N) is 4. The Morgan fingerprint density at radius 3 is 3.09 bits per heavy atom. The molecule has 0 aromatic carbocycles. The fourth-order valence-electron chi connectivity index (χ4n) is 3.94. The van der Waals surface area contributed by atoms with Crippen LogP contribution in [0.3, 0.4) is 0 Å². The summed E-state index contributed by atoms with van der Waals surface area (Å²) in [5.41, 5.74) is 2.14. The van der Waals surface area contributed by atoms with Crippen molar-refractivity contribution in [3.05, 3.63) is 24.2 Å². The van der Waals surface area contributed by atoms with Crippen molar-refractivity contribution in [1.29, 1.82) is 0 Å². The Hall–Kier alpha value is -1.07. The van der Waals surface area contributed by atoms with E-state index >= 15 is 0 Å². The van der Waals surface area contributed by atoms with Crippen molar-refractivity contribution < 1.29 is 0 Å². The maximum atomic E-state index is 4.95. The summed E-state index contributed by atoms with van der Waals surface area (Å²) in [6, 6.07) is 4.76. The molecule has 4 nitrogen and oxygen atoms in total. The highest BCUT2D eigenvalue weighted by Gasteiger charge is 2.28. The summed E-state index contributed by atoms with van der Waals surface area (Å²) in [6.45, 7) is 4.68. The van der Waals surface area contributed by atoms with Gasteiger partial charge in [-0.25, -0.2) is 9.97 Å². The van der Waals surface area contributed by atoms with E-state index in [1.54, 1.807) is 0 Å². The molecule has 2 aliphatic heterocycles. The minimum Gasteiger partial charge on any atom is -0.300 e. The molecular weight excluding hydrogens is 292 g/mol. The summed E-state index contributed by atoms with van der Waals surface area (Å²) >= 11 is 2.06. The average Bonchev–Trinajstić information content (AvgIpc) is 3.25. The van der Waals surface area contributed by atoms with Gasteiger partial charge in [-0.15, -0.1) is 11.8 Å². The van der Waals surface area contributed by atoms with E-state index in [0.717, 1.165) is 24.1 Å². The zero-order valence-electron chi connectivity index (χ0n) is 13.2. The molecule has 2 fully saturated rings. The van der Waals surface area contributed by atoms with Crippen molar-refractivity contribution in [1.82, 2.24) is 19.4 Å². The predicted molar refractivity (Wildman–Crippen MR) is 92.2 cm³/mol. The van der Waals surface area contributed by atoms with Crippen molar-refractivity contribution in [3.63, 3.8) is 0 Å². The van der Waals surface area contributed by atoms with E-state index in [2.05, 4.69) is 39.2 Å². The number of imidazole rings is 1. The maximum absolute atomic E-state index is 4.95. The zero-order valence-corrected chi connectivity index (χ0v) is 14.1. The van der Waals surface area contributed by atoms with Gasteiger partial charge in [0.05, 0.1) is 5.37 Å². The van der Waals surface area contributed by atoms with E-state index in [1.165, 1.54) is 43.8 Å². The van der Waals surface area contributed by atoms with Crippen LogP contribution in [0.2, 0.25) is 0 Å². The van der Waals surface area contributed by atoms with Gasteiger partial charge in [0.15, 0.2) is 5.65 Å². The van der Waals surface area contributed by atoms with Gasteiger partial charge >= 0.3 is 0 Å². The fraction of sp³-hybridized carbons (Fsp3) is 0.647. The summed E-state index contributed by atoms with van der Waals surface area (Å²) in [7, 11) is 0. The molecule has 0 radical (unpaired) electrons. The first-order valence-electron chi connectivity index (χ1n) is 8.54. The standard InChI is InChI=1S/C17H24N4S/c1-2-20-10-4-6-13(20)12-15-19-14-7-3-9-18-17(14)21(15)16-8-5-11-22-16/h3,7,9,13,16H,2,4-6,8,10-12H2,1H3. The molecule has 5 heteroatoms. The number of likely N-dealkylation sites (tertiary alicyclic amines) is 1. The first kappa shape index (κ1) is 14.5. The minimum atomic E-state index is 0.534. The van der Waals surface area contributed by atoms with Crippen molar-refractivity contribution in [3.8, 4) is 0 Å². The lowest BCUT2D eigenvalue weighted by molar-refractivity contribution is 0.261. The molecule has 4 heterocycles. The van der Waals surface area contributed by atoms with Crippen LogP contribution in [-0.4, -0.2) is 44.3 Å². The van der Waals surface area contributed by atoms with Gasteiger partial charge in [0.25, 0.3) is 0 Å². The van der Waals surface area contributed by atoms with Crippen LogP contribution < -0.4 is 0 Å². The number of thioether (sulfide) groups is 1. The second-order valence-electron chi connectivity index (χ2n) is 6.34. The Kier molecular flexibility index (Phi) is 4.09. The van der Waals surface area contributed by atoms with Crippen molar-refractivity contribution in [2.75, 3.05) is 18.8 Å². The molecule has 0 aliphatic carbocycles. The predicted octanol–water partition coefficient (Wildman–Crippen LogP) is 3.48. The molecule has 4 rings (SSSR count). The van der Waals surface area contributed by atoms with Crippen LogP contribution in [0.25, 0.3) is 11.2 Å². The fourth-order valence-corrected chi connectivity index (χ4v) is 5.25. The Labute approximate surface area is 136 Å². The Balaban J connectivity index is 1.71. The molecule has 2 saturated heterocycles. The Bertz CT molecular complexity index is 647. The van der Waals surface area contributed by atoms with Gasteiger partial charge in [-0.1, -0.05) is 6.92 Å². The van der Waals surface area contributed by atoms with Gasteiger partial charge in [-0.2, -0.15) is 0 Å². The van der Waals surface area contributed by atoms with Crippen LogP contribution in [0.1, 0.15) is 43.8 Å². The molecule has 2 aromatic rings. The smallest absolute Gasteiger partial charge is 0.160 e. The maximum Gasteiger partial charge on any atom is 0.160 e. The third kappa shape index (κ3) is 2.54. The third-order valence-corrected chi connectivity index (χ3v) is 6.39. The third-order valence-electron chi connectivity index (χ3n) is 5.04. The minimum absolute atomic E-state index is 0.534.